The van der Waals surface area contributed by atoms with E-state index < -0.39 is 33.0 Å². The molecule has 0 spiro atoms. The summed E-state index contributed by atoms with van der Waals surface area (Å²) in [6.45, 7) is 1.67. The van der Waals surface area contributed by atoms with E-state index in [0.717, 1.165) is 4.57 Å². The number of aromatic hydroxyl groups is 1. The van der Waals surface area contributed by atoms with Gasteiger partial charge in [0.1, 0.15) is 0 Å². The van der Waals surface area contributed by atoms with Crippen LogP contribution in [0.1, 0.15) is 24.9 Å². The first-order valence-electron chi connectivity index (χ1n) is 5.63. The van der Waals surface area contributed by atoms with Crippen molar-refractivity contribution in [2.45, 2.75) is 25.8 Å². The predicted molar refractivity (Wildman–Crippen MR) is 64.7 cm³/mol. The van der Waals surface area contributed by atoms with Gasteiger partial charge in [-0.1, -0.05) is 6.92 Å². The van der Waals surface area contributed by atoms with Gasteiger partial charge in [0, 0.05) is 0 Å². The first-order valence-corrected chi connectivity index (χ1v) is 7.45. The number of aromatic nitrogens is 2. The van der Waals surface area contributed by atoms with Gasteiger partial charge in [-0.3, -0.25) is 14.3 Å². The Morgan fingerprint density at radius 3 is 2.61 bits per heavy atom. The smallest absolute Gasteiger partial charge is 0.331 e. The number of rotatable bonds is 2. The highest BCUT2D eigenvalue weighted by atomic mass is 32.2. The minimum Gasteiger partial charge on any atom is -0.494 e. The third-order valence-corrected chi connectivity index (χ3v) is 4.89. The number of aromatic amines is 1. The molecule has 1 atom stereocenters. The van der Waals surface area contributed by atoms with Crippen molar-refractivity contribution in [1.82, 2.24) is 9.55 Å². The van der Waals surface area contributed by atoms with Crippen LogP contribution in [0, 0.1) is 0 Å². The Morgan fingerprint density at radius 1 is 1.44 bits per heavy atom. The molecule has 1 aromatic heterocycles. The van der Waals surface area contributed by atoms with Gasteiger partial charge in [-0.15, -0.1) is 0 Å². The van der Waals surface area contributed by atoms with E-state index in [1.165, 1.54) is 0 Å². The van der Waals surface area contributed by atoms with Crippen LogP contribution in [0.15, 0.2) is 9.59 Å². The van der Waals surface area contributed by atoms with Crippen molar-refractivity contribution < 1.29 is 13.5 Å². The first kappa shape index (κ1) is 12.9. The van der Waals surface area contributed by atoms with E-state index in [9.17, 15) is 23.1 Å². The number of hydrogen-bond donors (Lipinski definition) is 2. The second-order valence-electron chi connectivity index (χ2n) is 4.34. The van der Waals surface area contributed by atoms with Crippen LogP contribution in [-0.4, -0.2) is 34.6 Å². The van der Waals surface area contributed by atoms with Gasteiger partial charge in [0.2, 0.25) is 5.88 Å². The fourth-order valence-corrected chi connectivity index (χ4v) is 3.91. The monoisotopic (exact) mass is 274 g/mol. The van der Waals surface area contributed by atoms with Gasteiger partial charge in [-0.25, -0.2) is 13.2 Å². The number of hydrogen-bond acceptors (Lipinski definition) is 5. The standard InChI is InChI=1S/C10H14N2O5S/c1-2-7-8(13)11-10(15)12(9(7)14)6-3-4-18(16,17)5-6/h6,14H,2-5H2,1H3,(H,11,13,15). The second kappa shape index (κ2) is 4.27. The predicted octanol–water partition coefficient (Wildman–Crippen LogP) is -0.836. The maximum absolute atomic E-state index is 11.7. The molecule has 2 N–H and O–H groups in total. The van der Waals surface area contributed by atoms with Crippen molar-refractivity contribution in [3.63, 3.8) is 0 Å². The maximum atomic E-state index is 11.7. The molecule has 0 bridgehead atoms. The summed E-state index contributed by atoms with van der Waals surface area (Å²) in [6, 6.07) is -0.607. The molecule has 0 saturated carbocycles. The third-order valence-electron chi connectivity index (χ3n) is 3.14. The molecule has 0 radical (unpaired) electrons. The van der Waals surface area contributed by atoms with Gasteiger partial charge < -0.3 is 5.11 Å². The quantitative estimate of drug-likeness (QED) is 0.731. The summed E-state index contributed by atoms with van der Waals surface area (Å²) in [5.74, 6) is -0.617. The zero-order valence-corrected chi connectivity index (χ0v) is 10.7. The molecule has 1 unspecified atom stereocenters. The highest BCUT2D eigenvalue weighted by Gasteiger charge is 2.32. The molecule has 8 heteroatoms. The summed E-state index contributed by atoms with van der Waals surface area (Å²) in [5.41, 5.74) is -1.30. The fourth-order valence-electron chi connectivity index (χ4n) is 2.21. The number of H-pyrrole nitrogens is 1. The molecule has 7 nitrogen and oxygen atoms in total. The van der Waals surface area contributed by atoms with Crippen molar-refractivity contribution >= 4 is 9.84 Å². The lowest BCUT2D eigenvalue weighted by molar-refractivity contribution is 0.368. The summed E-state index contributed by atoms with van der Waals surface area (Å²) >= 11 is 0. The SMILES string of the molecule is CCc1c(O)n(C2CCS(=O)(=O)C2)c(=O)[nH]c1=O. The first-order chi connectivity index (χ1) is 8.35. The minimum absolute atomic E-state index is 0.00979. The molecule has 18 heavy (non-hydrogen) atoms. The summed E-state index contributed by atoms with van der Waals surface area (Å²) in [5, 5.41) is 9.93. The zero-order chi connectivity index (χ0) is 13.5. The Balaban J connectivity index is 2.59. The molecule has 2 rings (SSSR count). The average molecular weight is 274 g/mol. The molecular weight excluding hydrogens is 260 g/mol. The van der Waals surface area contributed by atoms with Crippen molar-refractivity contribution in [1.29, 1.82) is 0 Å². The van der Waals surface area contributed by atoms with E-state index in [0.29, 0.717) is 0 Å². The maximum Gasteiger partial charge on any atom is 0.331 e. The van der Waals surface area contributed by atoms with Crippen LogP contribution in [0.4, 0.5) is 0 Å². The molecule has 1 fully saturated rings. The number of nitrogens with one attached hydrogen (secondary N) is 1. The molecule has 100 valence electrons. The van der Waals surface area contributed by atoms with Gasteiger partial charge >= 0.3 is 5.69 Å². The van der Waals surface area contributed by atoms with Crippen molar-refractivity contribution in [3.8, 4) is 5.88 Å². The Bertz CT molecular complexity index is 685. The third kappa shape index (κ3) is 2.07. The molecule has 0 aliphatic carbocycles. The number of nitrogens with zero attached hydrogens (tertiary/aromatic N) is 1. The highest BCUT2D eigenvalue weighted by Crippen LogP contribution is 2.26. The van der Waals surface area contributed by atoms with E-state index >= 15 is 0 Å². The Kier molecular flexibility index (Phi) is 3.05. The van der Waals surface area contributed by atoms with Crippen LogP contribution >= 0.6 is 0 Å². The normalized spacial score (nSPS) is 22.2. The fraction of sp³-hybridized carbons (Fsp3) is 0.600. The average Bonchev–Trinajstić information content (AvgIpc) is 2.58. The van der Waals surface area contributed by atoms with Crippen molar-refractivity contribution in [2.24, 2.45) is 0 Å². The molecule has 0 amide bonds. The Hall–Kier alpha value is -1.57. The molecule has 1 aromatic rings. The van der Waals surface area contributed by atoms with Crippen LogP contribution in [0.5, 0.6) is 5.88 Å². The Labute approximate surface area is 103 Å². The van der Waals surface area contributed by atoms with Gasteiger partial charge in [0.25, 0.3) is 5.56 Å². The second-order valence-corrected chi connectivity index (χ2v) is 6.57. The molecule has 1 aliphatic rings. The Morgan fingerprint density at radius 2 is 2.11 bits per heavy atom. The molecule has 2 heterocycles. The van der Waals surface area contributed by atoms with Crippen LogP contribution in [0.25, 0.3) is 0 Å². The lowest BCUT2D eigenvalue weighted by atomic mass is 10.2. The molecule has 1 aliphatic heterocycles. The van der Waals surface area contributed by atoms with Crippen molar-refractivity contribution in [3.05, 3.63) is 26.4 Å². The van der Waals surface area contributed by atoms with Gasteiger partial charge in [0.15, 0.2) is 9.84 Å². The van der Waals surface area contributed by atoms with Crippen LogP contribution in [-0.2, 0) is 16.3 Å². The van der Waals surface area contributed by atoms with E-state index in [1.807, 2.05) is 0 Å². The van der Waals surface area contributed by atoms with Gasteiger partial charge in [-0.05, 0) is 12.8 Å². The van der Waals surface area contributed by atoms with Crippen molar-refractivity contribution in [2.75, 3.05) is 11.5 Å². The molecule has 0 aromatic carbocycles. The lowest BCUT2D eigenvalue weighted by Crippen LogP contribution is -2.34. The highest BCUT2D eigenvalue weighted by molar-refractivity contribution is 7.91. The van der Waals surface area contributed by atoms with E-state index in [2.05, 4.69) is 4.98 Å². The minimum atomic E-state index is -3.17. The summed E-state index contributed by atoms with van der Waals surface area (Å²) in [4.78, 5) is 25.2. The van der Waals surface area contributed by atoms with E-state index in [4.69, 9.17) is 0 Å². The summed E-state index contributed by atoms with van der Waals surface area (Å²) in [6.07, 6.45) is 0.534. The largest absolute Gasteiger partial charge is 0.494 e. The molecule has 1 saturated heterocycles. The topological polar surface area (TPSA) is 109 Å². The zero-order valence-electron chi connectivity index (χ0n) is 9.84. The van der Waals surface area contributed by atoms with Crippen LogP contribution in [0.2, 0.25) is 0 Å². The lowest BCUT2D eigenvalue weighted by Gasteiger charge is -2.15. The summed E-state index contributed by atoms with van der Waals surface area (Å²) in [7, 11) is -3.17. The van der Waals surface area contributed by atoms with Crippen LogP contribution < -0.4 is 11.2 Å². The van der Waals surface area contributed by atoms with E-state index in [1.54, 1.807) is 6.92 Å². The van der Waals surface area contributed by atoms with E-state index in [-0.39, 0.29) is 29.9 Å². The summed E-state index contributed by atoms with van der Waals surface area (Å²) < 4.78 is 23.8. The molecular formula is C10H14N2O5S. The van der Waals surface area contributed by atoms with Crippen LogP contribution in [0.3, 0.4) is 0 Å². The number of sulfone groups is 1. The van der Waals surface area contributed by atoms with Gasteiger partial charge in [-0.2, -0.15) is 0 Å². The van der Waals surface area contributed by atoms with Gasteiger partial charge in [0.05, 0.1) is 23.1 Å².